The second kappa shape index (κ2) is 37.4. The molecule has 0 aliphatic heterocycles. The zero-order chi connectivity index (χ0) is 87.0. The van der Waals surface area contributed by atoms with Crippen molar-refractivity contribution >= 4 is 114 Å². The number of aliphatic hydroxyl groups excluding tert-OH is 3. The van der Waals surface area contributed by atoms with E-state index in [4.69, 9.17) is 81.0 Å². The third-order valence-corrected chi connectivity index (χ3v) is 21.6. The van der Waals surface area contributed by atoms with Gasteiger partial charge in [0.1, 0.15) is 110 Å². The highest BCUT2D eigenvalue weighted by molar-refractivity contribution is 6.32. The Morgan fingerprint density at radius 3 is 0.739 bits per heavy atom. The van der Waals surface area contributed by atoms with Gasteiger partial charge in [-0.05, 0) is 180 Å². The van der Waals surface area contributed by atoms with E-state index in [1.165, 1.54) is 19.2 Å². The predicted molar refractivity (Wildman–Crippen MR) is 457 cm³/mol. The number of carbonyl (C=O) groups excluding carboxylic acids is 3. The number of hydrogen-bond donors (Lipinski definition) is 8. The molecular weight excluding hydrogens is 1610 g/mol. The lowest BCUT2D eigenvalue weighted by Gasteiger charge is -2.31. The lowest BCUT2D eigenvalue weighted by Crippen LogP contribution is -2.39. The quantitative estimate of drug-likeness (QED) is 0.0175. The van der Waals surface area contributed by atoms with Gasteiger partial charge >= 0.3 is 23.9 Å². The van der Waals surface area contributed by atoms with Crippen LogP contribution in [0.4, 0.5) is 0 Å². The van der Waals surface area contributed by atoms with Crippen LogP contribution in [-0.2, 0) is 80.7 Å². The standard InChI is InChI=1S/C63H68Cl3N9O9.C19H20ClN3O3.C6H14O3/c1-11-63(33-82-54(76)21-12-36-24-42(60(2,3)4)57(79)51(27-36)73-67-45-18-15-39(64)30-48(45)70-73,34-83-55(77)22-13-37-25-43(61(5,6)7)58(80)52(28-37)74-68-46-19-16-40(65)31-49(46)71-74)35-84-56(78)23-14-38-26-44(62(8,9)10)59(81)53(29-38)75-69-47-20-17-41(66)32-50(47)72-75;1-19(2,3)13-8-11(4-7-17(24)25)9-16(18(13)26)23-21-14-6-5-12(20)10-15(14)22-23;1-2-6(3-7,4-8)5-9/h15-20,24-32,79-81H,11-14,21-23,33-35H2,1-10H3;5-6,8-10,26H,4,7H2,1-3H3,(H,24,25);7-9H,2-5H2,1H3. The maximum absolute atomic E-state index is 13.9. The van der Waals surface area contributed by atoms with Crippen molar-refractivity contribution in [2.24, 2.45) is 10.8 Å². The average molecular weight is 1710 g/mol. The van der Waals surface area contributed by atoms with E-state index in [2.05, 4.69) is 40.8 Å². The molecule has 31 heteroatoms. The van der Waals surface area contributed by atoms with Crippen LogP contribution < -0.4 is 0 Å². The maximum Gasteiger partial charge on any atom is 0.306 e. The number of fused-ring (bicyclic) bond motifs is 4. The first-order chi connectivity index (χ1) is 55.9. The summed E-state index contributed by atoms with van der Waals surface area (Å²) in [6, 6.07) is 35.0. The molecule has 0 radical (unpaired) electrons. The fourth-order valence-electron chi connectivity index (χ4n) is 13.0. The van der Waals surface area contributed by atoms with Crippen molar-refractivity contribution in [3.05, 3.63) is 186 Å². The zero-order valence-electron chi connectivity index (χ0n) is 69.2. The van der Waals surface area contributed by atoms with Gasteiger partial charge < -0.3 is 55.1 Å². The van der Waals surface area contributed by atoms with E-state index in [0.29, 0.717) is 117 Å². The summed E-state index contributed by atoms with van der Waals surface area (Å²) in [7, 11) is 0. The number of phenols is 4. The van der Waals surface area contributed by atoms with E-state index < -0.39 is 51.0 Å². The van der Waals surface area contributed by atoms with Gasteiger partial charge in [-0.1, -0.05) is 168 Å². The summed E-state index contributed by atoms with van der Waals surface area (Å²) in [4.78, 5) is 58.0. The number of hydrogen-bond acceptors (Lipinski definition) is 22. The lowest BCUT2D eigenvalue weighted by molar-refractivity contribution is -0.162. The summed E-state index contributed by atoms with van der Waals surface area (Å²) in [6.07, 6.45) is 1.70. The Morgan fingerprint density at radius 2 is 0.546 bits per heavy atom. The Hall–Kier alpha value is -10.5. The highest BCUT2D eigenvalue weighted by atomic mass is 35.5. The summed E-state index contributed by atoms with van der Waals surface area (Å²) in [5.74, 6) is -2.46. The van der Waals surface area contributed by atoms with Crippen LogP contribution in [0.25, 0.3) is 66.9 Å². The van der Waals surface area contributed by atoms with Crippen molar-refractivity contribution in [2.45, 2.75) is 183 Å². The summed E-state index contributed by atoms with van der Waals surface area (Å²) < 4.78 is 18.0. The molecule has 0 saturated carbocycles. The maximum atomic E-state index is 13.9. The van der Waals surface area contributed by atoms with Crippen LogP contribution in [0.1, 0.15) is 180 Å². The third-order valence-electron chi connectivity index (χ3n) is 20.7. The molecule has 12 aromatic rings. The first-order valence-corrected chi connectivity index (χ1v) is 40.6. The SMILES string of the molecule is CC(C)(C)c1cc(CCC(=O)O)cc(-n2nc3ccc(Cl)cc3n2)c1O.CCC(CO)(CO)CO.CCC(COC(=O)CCc1cc(-n2nc3ccc(Cl)cc3n2)c(O)c(C(C)(C)C)c1)(COC(=O)CCc1cc(-n2nc3ccc(Cl)cc3n2)c(O)c(C(C)(C)C)c1)COC(=O)CCc1cc(-n2nc3ccc(Cl)cc3n2)c(O)c(C(C)(C)C)c1. The Balaban J connectivity index is 0.000000349. The lowest BCUT2D eigenvalue weighted by atomic mass is 9.84. The molecule has 0 fully saturated rings. The molecule has 119 heavy (non-hydrogen) atoms. The number of carboxylic acids is 1. The van der Waals surface area contributed by atoms with Gasteiger partial charge in [-0.2, -0.15) is 0 Å². The molecular formula is C88H102Cl4N12O15. The van der Waals surface area contributed by atoms with Crippen molar-refractivity contribution in [3.8, 4) is 45.7 Å². The van der Waals surface area contributed by atoms with Gasteiger partial charge in [-0.25, -0.2) is 0 Å². The van der Waals surface area contributed by atoms with Crippen LogP contribution in [0.3, 0.4) is 0 Å². The number of aliphatic hydroxyl groups is 3. The van der Waals surface area contributed by atoms with E-state index in [1.54, 1.807) is 97.1 Å². The first kappa shape index (κ1) is 90.8. The Bertz CT molecular complexity index is 5290. The highest BCUT2D eigenvalue weighted by Crippen LogP contribution is 2.42. The minimum absolute atomic E-state index is 0.000162. The van der Waals surface area contributed by atoms with Crippen molar-refractivity contribution in [1.29, 1.82) is 0 Å². The highest BCUT2D eigenvalue weighted by Gasteiger charge is 2.36. The molecule has 0 bridgehead atoms. The molecule has 27 nitrogen and oxygen atoms in total. The molecule has 0 spiro atoms. The number of nitrogens with zero attached hydrogens (tertiary/aromatic N) is 12. The number of ether oxygens (including phenoxy) is 3. The van der Waals surface area contributed by atoms with E-state index >= 15 is 0 Å². The first-order valence-electron chi connectivity index (χ1n) is 39.0. The number of carbonyl (C=O) groups is 4. The fourth-order valence-corrected chi connectivity index (χ4v) is 13.7. The normalized spacial score (nSPS) is 12.2. The zero-order valence-corrected chi connectivity index (χ0v) is 72.2. The van der Waals surface area contributed by atoms with Gasteiger partial charge in [0.15, 0.2) is 0 Å². The minimum atomic E-state index is -1.17. The van der Waals surface area contributed by atoms with Crippen molar-refractivity contribution in [1.82, 2.24) is 60.0 Å². The number of benzene rings is 8. The van der Waals surface area contributed by atoms with Gasteiger partial charge in [0, 0.05) is 73.4 Å². The van der Waals surface area contributed by atoms with Crippen LogP contribution in [0.15, 0.2) is 121 Å². The molecule has 4 heterocycles. The van der Waals surface area contributed by atoms with E-state index in [0.717, 1.165) is 27.8 Å². The van der Waals surface area contributed by atoms with Crippen molar-refractivity contribution in [2.75, 3.05) is 39.6 Å². The molecule has 632 valence electrons. The summed E-state index contributed by atoms with van der Waals surface area (Å²) >= 11 is 24.7. The Morgan fingerprint density at radius 1 is 0.328 bits per heavy atom. The number of aromatic nitrogens is 12. The summed E-state index contributed by atoms with van der Waals surface area (Å²) in [5.41, 5.74) is 7.94. The largest absolute Gasteiger partial charge is 0.505 e. The Labute approximate surface area is 709 Å². The molecule has 12 rings (SSSR count). The van der Waals surface area contributed by atoms with Crippen LogP contribution >= 0.6 is 46.4 Å². The van der Waals surface area contributed by atoms with E-state index in [-0.39, 0.29) is 119 Å². The molecule has 0 saturated heterocycles. The molecule has 0 amide bonds. The van der Waals surface area contributed by atoms with E-state index in [1.807, 2.05) is 121 Å². The van der Waals surface area contributed by atoms with Crippen LogP contribution in [0.2, 0.25) is 20.1 Å². The molecule has 0 atom stereocenters. The van der Waals surface area contributed by atoms with E-state index in [9.17, 15) is 39.6 Å². The topological polar surface area (TPSA) is 381 Å². The van der Waals surface area contributed by atoms with Gasteiger partial charge in [-0.15, -0.1) is 60.0 Å². The average Bonchev–Trinajstić information content (AvgIpc) is 1.71. The molecule has 0 unspecified atom stereocenters. The van der Waals surface area contributed by atoms with Crippen molar-refractivity contribution in [3.63, 3.8) is 0 Å². The Kier molecular flexibility index (Phi) is 28.5. The molecule has 0 aliphatic carbocycles. The monoisotopic (exact) mass is 1710 g/mol. The minimum Gasteiger partial charge on any atom is -0.505 e. The number of rotatable bonds is 27. The molecule has 8 N–H and O–H groups in total. The van der Waals surface area contributed by atoms with Crippen LogP contribution in [0.5, 0.6) is 23.0 Å². The van der Waals surface area contributed by atoms with Crippen molar-refractivity contribution < 1.29 is 74.2 Å². The van der Waals surface area contributed by atoms with Gasteiger partial charge in [0.05, 0.1) is 25.2 Å². The molecule has 8 aromatic carbocycles. The number of esters is 3. The molecule has 4 aromatic heterocycles. The van der Waals surface area contributed by atoms with Crippen LogP contribution in [0, 0.1) is 10.8 Å². The van der Waals surface area contributed by atoms with Gasteiger partial charge in [0.2, 0.25) is 0 Å². The summed E-state index contributed by atoms with van der Waals surface area (Å²) in [6.45, 7) is 26.1. The summed E-state index contributed by atoms with van der Waals surface area (Å²) in [5, 5.41) is 119. The number of halogens is 4. The number of phenolic OH excluding ortho intramolecular Hbond substituents is 4. The second-order valence-corrected chi connectivity index (χ2v) is 35.8. The third kappa shape index (κ3) is 22.5. The number of aromatic hydroxyl groups is 4. The van der Waals surface area contributed by atoms with Gasteiger partial charge in [0.25, 0.3) is 0 Å². The fraction of sp³-hybridized carbons (Fsp3) is 0.409. The number of aryl methyl sites for hydroxylation is 4. The number of carboxylic acid groups (broad SMARTS) is 1. The number of aliphatic carboxylic acids is 1. The molecule has 0 aliphatic rings. The second-order valence-electron chi connectivity index (χ2n) is 34.1. The smallest absolute Gasteiger partial charge is 0.306 e. The van der Waals surface area contributed by atoms with Gasteiger partial charge in [-0.3, -0.25) is 19.2 Å². The predicted octanol–water partition coefficient (Wildman–Crippen LogP) is 16.5. The van der Waals surface area contributed by atoms with Crippen LogP contribution in [-0.4, -0.2) is 164 Å².